The predicted octanol–water partition coefficient (Wildman–Crippen LogP) is 2.93. The number of hydrogen-bond donors (Lipinski definition) is 1. The molecule has 0 aliphatic rings. The van der Waals surface area contributed by atoms with Gasteiger partial charge >= 0.3 is 5.97 Å². The summed E-state index contributed by atoms with van der Waals surface area (Å²) >= 11 is 0. The van der Waals surface area contributed by atoms with Crippen molar-refractivity contribution in [3.05, 3.63) is 41.8 Å². The predicted molar refractivity (Wildman–Crippen MR) is 56.3 cm³/mol. The lowest BCUT2D eigenvalue weighted by Gasteiger charge is -2.00. The Hall–Kier alpha value is -1.31. The van der Waals surface area contributed by atoms with Crippen molar-refractivity contribution in [2.75, 3.05) is 0 Å². The monoisotopic (exact) mass is 191 g/mol. The molecule has 0 spiro atoms. The number of unbranched alkanes of at least 4 members (excludes halogenated alkanes) is 2. The van der Waals surface area contributed by atoms with E-state index >= 15 is 0 Å². The summed E-state index contributed by atoms with van der Waals surface area (Å²) in [6, 6.07) is 7.08. The van der Waals surface area contributed by atoms with Crippen LogP contribution in [0.2, 0.25) is 0 Å². The summed E-state index contributed by atoms with van der Waals surface area (Å²) < 4.78 is 0. The smallest absolute Gasteiger partial charge is 0.335 e. The van der Waals surface area contributed by atoms with Gasteiger partial charge in [0.05, 0.1) is 5.56 Å². The van der Waals surface area contributed by atoms with Crippen LogP contribution in [0.1, 0.15) is 35.7 Å². The third kappa shape index (κ3) is 3.21. The van der Waals surface area contributed by atoms with Gasteiger partial charge < -0.3 is 5.11 Å². The average molecular weight is 191 g/mol. The van der Waals surface area contributed by atoms with Crippen molar-refractivity contribution in [3.63, 3.8) is 0 Å². The molecule has 1 aromatic carbocycles. The Bertz CT molecular complexity index is 288. The molecule has 0 atom stereocenters. The maximum absolute atomic E-state index is 10.6. The number of aryl methyl sites for hydroxylation is 1. The second kappa shape index (κ2) is 5.43. The van der Waals surface area contributed by atoms with Crippen LogP contribution in [-0.4, -0.2) is 11.1 Å². The third-order valence-electron chi connectivity index (χ3n) is 2.13. The maximum atomic E-state index is 10.6. The Kier molecular flexibility index (Phi) is 4.17. The highest BCUT2D eigenvalue weighted by Crippen LogP contribution is 2.08. The first-order chi connectivity index (χ1) is 6.74. The van der Waals surface area contributed by atoms with Crippen LogP contribution in [0.5, 0.6) is 0 Å². The van der Waals surface area contributed by atoms with Gasteiger partial charge in [0.1, 0.15) is 0 Å². The molecule has 0 unspecified atom stereocenters. The molecular formula is C12H15O2. The second-order valence-corrected chi connectivity index (χ2v) is 3.24. The van der Waals surface area contributed by atoms with Crippen molar-refractivity contribution in [1.82, 2.24) is 0 Å². The minimum atomic E-state index is -0.864. The van der Waals surface area contributed by atoms with Gasteiger partial charge in [0.2, 0.25) is 0 Å². The fraction of sp³-hybridized carbons (Fsp3) is 0.333. The normalized spacial score (nSPS) is 10.1. The summed E-state index contributed by atoms with van der Waals surface area (Å²) in [4.78, 5) is 10.6. The standard InChI is InChI=1S/C12H15O2/c1-2-3-4-5-10-6-8-11(9-7-10)12(13)14/h3,6-9H,2,4-5H2,1H3,(H,13,14). The molecule has 0 fully saturated rings. The van der Waals surface area contributed by atoms with Crippen LogP contribution >= 0.6 is 0 Å². The summed E-state index contributed by atoms with van der Waals surface area (Å²) in [6.45, 7) is 2.12. The van der Waals surface area contributed by atoms with Crippen molar-refractivity contribution in [1.29, 1.82) is 0 Å². The molecule has 0 aliphatic heterocycles. The van der Waals surface area contributed by atoms with E-state index in [1.165, 1.54) is 5.56 Å². The summed E-state index contributed by atoms with van der Waals surface area (Å²) in [5, 5.41) is 8.68. The lowest BCUT2D eigenvalue weighted by Crippen LogP contribution is -1.96. The molecule has 1 rings (SSSR count). The summed E-state index contributed by atoms with van der Waals surface area (Å²) in [6.07, 6.45) is 5.37. The van der Waals surface area contributed by atoms with Crippen molar-refractivity contribution in [2.45, 2.75) is 26.2 Å². The van der Waals surface area contributed by atoms with E-state index < -0.39 is 5.97 Å². The largest absolute Gasteiger partial charge is 0.478 e. The Morgan fingerprint density at radius 1 is 1.36 bits per heavy atom. The number of aromatic carboxylic acids is 1. The Morgan fingerprint density at radius 2 is 2.00 bits per heavy atom. The van der Waals surface area contributed by atoms with Gasteiger partial charge in [0.25, 0.3) is 0 Å². The number of hydrogen-bond acceptors (Lipinski definition) is 1. The summed E-state index contributed by atoms with van der Waals surface area (Å²) in [5.41, 5.74) is 1.55. The molecule has 0 amide bonds. The van der Waals surface area contributed by atoms with E-state index in [2.05, 4.69) is 13.3 Å². The van der Waals surface area contributed by atoms with Gasteiger partial charge in [-0.3, -0.25) is 0 Å². The minimum absolute atomic E-state index is 0.355. The Morgan fingerprint density at radius 3 is 2.50 bits per heavy atom. The number of carbonyl (C=O) groups is 1. The van der Waals surface area contributed by atoms with Crippen molar-refractivity contribution in [3.8, 4) is 0 Å². The molecule has 0 saturated carbocycles. The summed E-state index contributed by atoms with van der Waals surface area (Å²) in [5.74, 6) is -0.864. The molecule has 2 nitrogen and oxygen atoms in total. The molecule has 14 heavy (non-hydrogen) atoms. The summed E-state index contributed by atoms with van der Waals surface area (Å²) in [7, 11) is 0. The molecule has 2 heteroatoms. The molecule has 75 valence electrons. The first-order valence-electron chi connectivity index (χ1n) is 4.88. The minimum Gasteiger partial charge on any atom is -0.478 e. The number of benzene rings is 1. The topological polar surface area (TPSA) is 37.3 Å². The van der Waals surface area contributed by atoms with Crippen LogP contribution in [0.15, 0.2) is 24.3 Å². The van der Waals surface area contributed by atoms with Crippen molar-refractivity contribution < 1.29 is 9.90 Å². The van der Waals surface area contributed by atoms with Crippen LogP contribution in [0.25, 0.3) is 0 Å². The number of carboxylic acid groups (broad SMARTS) is 1. The average Bonchev–Trinajstić information content (AvgIpc) is 2.19. The first-order valence-corrected chi connectivity index (χ1v) is 4.88. The lowest BCUT2D eigenvalue weighted by molar-refractivity contribution is 0.0697. The van der Waals surface area contributed by atoms with E-state index in [0.717, 1.165) is 19.3 Å². The highest BCUT2D eigenvalue weighted by molar-refractivity contribution is 5.87. The van der Waals surface area contributed by atoms with Gasteiger partial charge in [-0.25, -0.2) is 4.79 Å². The van der Waals surface area contributed by atoms with Gasteiger partial charge in [-0.15, -0.1) is 0 Å². The van der Waals surface area contributed by atoms with Crippen molar-refractivity contribution >= 4 is 5.97 Å². The maximum Gasteiger partial charge on any atom is 0.335 e. The van der Waals surface area contributed by atoms with Crippen LogP contribution in [0.3, 0.4) is 0 Å². The fourth-order valence-corrected chi connectivity index (χ4v) is 1.29. The van der Waals surface area contributed by atoms with E-state index in [0.29, 0.717) is 5.56 Å². The van der Waals surface area contributed by atoms with Crippen molar-refractivity contribution in [2.24, 2.45) is 0 Å². The van der Waals surface area contributed by atoms with Gasteiger partial charge in [0.15, 0.2) is 0 Å². The first kappa shape index (κ1) is 10.8. The highest BCUT2D eigenvalue weighted by atomic mass is 16.4. The molecule has 1 N–H and O–H groups in total. The van der Waals surface area contributed by atoms with Crippen LogP contribution in [0.4, 0.5) is 0 Å². The molecule has 0 bridgehead atoms. The molecule has 0 aromatic heterocycles. The quantitative estimate of drug-likeness (QED) is 0.726. The SMILES string of the molecule is CC[CH]CCc1ccc(C(=O)O)cc1. The van der Waals surface area contributed by atoms with Gasteiger partial charge in [-0.05, 0) is 37.0 Å². The Labute approximate surface area is 84.6 Å². The van der Waals surface area contributed by atoms with Gasteiger partial charge in [-0.1, -0.05) is 25.5 Å². The fourth-order valence-electron chi connectivity index (χ4n) is 1.29. The van der Waals surface area contributed by atoms with E-state index in [9.17, 15) is 4.79 Å². The van der Waals surface area contributed by atoms with E-state index in [-0.39, 0.29) is 0 Å². The lowest BCUT2D eigenvalue weighted by atomic mass is 10.1. The molecular weight excluding hydrogens is 176 g/mol. The zero-order chi connectivity index (χ0) is 10.4. The van der Waals surface area contributed by atoms with Crippen LogP contribution < -0.4 is 0 Å². The molecule has 0 saturated heterocycles. The Balaban J connectivity index is 2.51. The molecule has 1 aromatic rings. The number of rotatable bonds is 5. The number of carboxylic acids is 1. The van der Waals surface area contributed by atoms with Gasteiger partial charge in [-0.2, -0.15) is 0 Å². The zero-order valence-corrected chi connectivity index (χ0v) is 8.36. The van der Waals surface area contributed by atoms with E-state index in [1.807, 2.05) is 12.1 Å². The van der Waals surface area contributed by atoms with E-state index in [1.54, 1.807) is 12.1 Å². The molecule has 1 radical (unpaired) electrons. The molecule has 0 aliphatic carbocycles. The molecule has 0 heterocycles. The van der Waals surface area contributed by atoms with Crippen LogP contribution in [0, 0.1) is 6.42 Å². The van der Waals surface area contributed by atoms with E-state index in [4.69, 9.17) is 5.11 Å². The highest BCUT2D eigenvalue weighted by Gasteiger charge is 2.00. The third-order valence-corrected chi connectivity index (χ3v) is 2.13. The zero-order valence-electron chi connectivity index (χ0n) is 8.36. The van der Waals surface area contributed by atoms with Gasteiger partial charge in [0, 0.05) is 0 Å². The second-order valence-electron chi connectivity index (χ2n) is 3.24. The van der Waals surface area contributed by atoms with Crippen LogP contribution in [-0.2, 0) is 6.42 Å².